The fraction of sp³-hybridized carbons (Fsp3) is 0.273. The number of hydrogen-bond acceptors (Lipinski definition) is 8. The van der Waals surface area contributed by atoms with Crippen LogP contribution in [0, 0.1) is 15.9 Å². The fourth-order valence-corrected chi connectivity index (χ4v) is 3.06. The van der Waals surface area contributed by atoms with E-state index in [0.29, 0.717) is 12.1 Å². The normalized spacial score (nSPS) is 11.4. The number of alkyl halides is 3. The van der Waals surface area contributed by atoms with Gasteiger partial charge in [-0.15, -0.1) is 13.2 Å². The quantitative estimate of drug-likeness (QED) is 0.172. The molecule has 0 aliphatic rings. The van der Waals surface area contributed by atoms with E-state index < -0.39 is 28.5 Å². The minimum absolute atomic E-state index is 0.183. The molecule has 0 spiro atoms. The van der Waals surface area contributed by atoms with Gasteiger partial charge in [0, 0.05) is 29.9 Å². The summed E-state index contributed by atoms with van der Waals surface area (Å²) in [4.78, 5) is 20.9. The highest BCUT2D eigenvalue weighted by Gasteiger charge is 2.31. The summed E-state index contributed by atoms with van der Waals surface area (Å²) < 4.78 is 55.6. The molecule has 0 aliphatic carbocycles. The largest absolute Gasteiger partial charge is 0.573 e. The van der Waals surface area contributed by atoms with Gasteiger partial charge in [0.25, 0.3) is 0 Å². The van der Waals surface area contributed by atoms with E-state index in [1.165, 1.54) is 24.3 Å². The Morgan fingerprint density at radius 2 is 1.89 bits per heavy atom. The molecule has 0 unspecified atom stereocenters. The molecule has 0 aliphatic heterocycles. The van der Waals surface area contributed by atoms with Crippen molar-refractivity contribution in [2.45, 2.75) is 12.8 Å². The van der Waals surface area contributed by atoms with Crippen LogP contribution in [0.1, 0.15) is 6.42 Å². The van der Waals surface area contributed by atoms with Crippen molar-refractivity contribution in [3.8, 4) is 17.0 Å². The lowest BCUT2D eigenvalue weighted by atomic mass is 10.1. The zero-order chi connectivity index (χ0) is 25.6. The number of ether oxygens (including phenoxy) is 1. The Kier molecular flexibility index (Phi) is 8.02. The lowest BCUT2D eigenvalue weighted by molar-refractivity contribution is -0.387. The van der Waals surface area contributed by atoms with Crippen molar-refractivity contribution in [2.24, 2.45) is 0 Å². The summed E-state index contributed by atoms with van der Waals surface area (Å²) in [5.41, 5.74) is 0.0549. The number of benzene rings is 2. The minimum Gasteiger partial charge on any atom is -0.406 e. The maximum Gasteiger partial charge on any atom is 0.573 e. The molecule has 0 bridgehead atoms. The molecule has 3 rings (SSSR count). The number of halogens is 4. The lowest BCUT2D eigenvalue weighted by Crippen LogP contribution is -2.17. The zero-order valence-corrected chi connectivity index (χ0v) is 18.8. The van der Waals surface area contributed by atoms with E-state index in [9.17, 15) is 27.7 Å². The summed E-state index contributed by atoms with van der Waals surface area (Å²) >= 11 is 0. The van der Waals surface area contributed by atoms with Crippen LogP contribution in [0.3, 0.4) is 0 Å². The molecule has 0 saturated carbocycles. The van der Waals surface area contributed by atoms with Gasteiger partial charge in [0.2, 0.25) is 11.8 Å². The Labute approximate surface area is 197 Å². The van der Waals surface area contributed by atoms with E-state index in [1.54, 1.807) is 6.07 Å². The first-order chi connectivity index (χ1) is 16.5. The van der Waals surface area contributed by atoms with Crippen LogP contribution in [0.2, 0.25) is 0 Å². The highest BCUT2D eigenvalue weighted by molar-refractivity contribution is 5.69. The average Bonchev–Trinajstić information content (AvgIpc) is 2.76. The van der Waals surface area contributed by atoms with Crippen molar-refractivity contribution in [2.75, 3.05) is 37.8 Å². The summed E-state index contributed by atoms with van der Waals surface area (Å²) in [6.07, 6.45) is -4.09. The van der Waals surface area contributed by atoms with Gasteiger partial charge in [-0.25, -0.2) is 4.98 Å². The van der Waals surface area contributed by atoms with Crippen molar-refractivity contribution in [1.29, 1.82) is 0 Å². The molecule has 2 N–H and O–H groups in total. The Balaban J connectivity index is 1.94. The summed E-state index contributed by atoms with van der Waals surface area (Å²) in [7, 11) is 3.86. The number of aromatic nitrogens is 2. The molecular formula is C22H22F4N6O3. The predicted octanol–water partition coefficient (Wildman–Crippen LogP) is 5.20. The lowest BCUT2D eigenvalue weighted by Gasteiger charge is -2.14. The van der Waals surface area contributed by atoms with Crippen molar-refractivity contribution < 1.29 is 27.2 Å². The smallest absolute Gasteiger partial charge is 0.406 e. The van der Waals surface area contributed by atoms with Crippen LogP contribution in [-0.2, 0) is 0 Å². The van der Waals surface area contributed by atoms with Crippen molar-refractivity contribution in [1.82, 2.24) is 14.9 Å². The Bertz CT molecular complexity index is 1190. The molecule has 1 aromatic heterocycles. The maximum atomic E-state index is 13.7. The van der Waals surface area contributed by atoms with E-state index in [2.05, 4.69) is 25.3 Å². The number of hydrogen-bond donors (Lipinski definition) is 2. The molecule has 2 aromatic carbocycles. The standard InChI is InChI=1S/C22H22F4N6O3/c1-31(2)10-4-9-27-21-29-18(14-5-3-6-16(11-14)35-22(24,25)26)13-20(30-21)28-15-7-8-17(23)19(12-15)32(33)34/h3,5-8,11-13H,4,9-10H2,1-2H3,(H2,27,28,29,30). The first-order valence-electron chi connectivity index (χ1n) is 10.3. The topological polar surface area (TPSA) is 105 Å². The van der Waals surface area contributed by atoms with Gasteiger partial charge in [-0.3, -0.25) is 10.1 Å². The van der Waals surface area contributed by atoms with E-state index in [4.69, 9.17) is 0 Å². The maximum absolute atomic E-state index is 13.7. The summed E-state index contributed by atoms with van der Waals surface area (Å²) in [5, 5.41) is 17.0. The van der Waals surface area contributed by atoms with Crippen LogP contribution >= 0.6 is 0 Å². The molecule has 0 atom stereocenters. The van der Waals surface area contributed by atoms with E-state index in [1.807, 2.05) is 19.0 Å². The third-order valence-corrected chi connectivity index (χ3v) is 4.57. The Hall–Kier alpha value is -4.00. The second-order valence-corrected chi connectivity index (χ2v) is 7.67. The van der Waals surface area contributed by atoms with Crippen molar-refractivity contribution in [3.05, 3.63) is 64.5 Å². The molecule has 0 amide bonds. The molecule has 1 heterocycles. The molecule has 0 fully saturated rings. The van der Waals surface area contributed by atoms with Gasteiger partial charge in [0.05, 0.1) is 10.6 Å². The summed E-state index contributed by atoms with van der Waals surface area (Å²) in [5.74, 6) is -1.04. The summed E-state index contributed by atoms with van der Waals surface area (Å²) in [6.45, 7) is 1.31. The average molecular weight is 494 g/mol. The second-order valence-electron chi connectivity index (χ2n) is 7.67. The highest BCUT2D eigenvalue weighted by Crippen LogP contribution is 2.30. The van der Waals surface area contributed by atoms with Crippen LogP contribution in [0.5, 0.6) is 5.75 Å². The number of nitro groups is 1. The van der Waals surface area contributed by atoms with E-state index >= 15 is 0 Å². The van der Waals surface area contributed by atoms with Gasteiger partial charge in [-0.2, -0.15) is 9.37 Å². The van der Waals surface area contributed by atoms with Crippen LogP contribution < -0.4 is 15.4 Å². The van der Waals surface area contributed by atoms with Gasteiger partial charge in [-0.05, 0) is 51.3 Å². The molecule has 0 radical (unpaired) electrons. The molecular weight excluding hydrogens is 472 g/mol. The molecule has 3 aromatic rings. The molecule has 9 nitrogen and oxygen atoms in total. The molecule has 13 heteroatoms. The fourth-order valence-electron chi connectivity index (χ4n) is 3.06. The second kappa shape index (κ2) is 11.0. The number of rotatable bonds is 10. The van der Waals surface area contributed by atoms with Crippen molar-refractivity contribution in [3.63, 3.8) is 0 Å². The number of nitrogens with zero attached hydrogens (tertiary/aromatic N) is 4. The van der Waals surface area contributed by atoms with Gasteiger partial charge in [-0.1, -0.05) is 12.1 Å². The third-order valence-electron chi connectivity index (χ3n) is 4.57. The van der Waals surface area contributed by atoms with Gasteiger partial charge in [0.15, 0.2) is 0 Å². The number of nitrogens with one attached hydrogen (secondary N) is 2. The van der Waals surface area contributed by atoms with Gasteiger partial charge < -0.3 is 20.3 Å². The molecule has 186 valence electrons. The van der Waals surface area contributed by atoms with Crippen LogP contribution in [0.25, 0.3) is 11.3 Å². The number of anilines is 3. The Morgan fingerprint density at radius 1 is 1.11 bits per heavy atom. The first kappa shape index (κ1) is 25.6. The van der Waals surface area contributed by atoms with Gasteiger partial charge >= 0.3 is 12.0 Å². The third kappa shape index (κ3) is 7.78. The van der Waals surface area contributed by atoms with Crippen LogP contribution in [0.15, 0.2) is 48.5 Å². The van der Waals surface area contributed by atoms with Crippen molar-refractivity contribution >= 4 is 23.1 Å². The SMILES string of the molecule is CN(C)CCCNc1nc(Nc2ccc(F)c([N+](=O)[O-])c2)cc(-c2cccc(OC(F)(F)F)c2)n1. The zero-order valence-electron chi connectivity index (χ0n) is 18.8. The first-order valence-corrected chi connectivity index (χ1v) is 10.3. The number of nitro benzene ring substituents is 1. The van der Waals surface area contributed by atoms with Crippen LogP contribution in [-0.4, -0.2) is 53.3 Å². The van der Waals surface area contributed by atoms with Gasteiger partial charge in [0.1, 0.15) is 11.6 Å². The van der Waals surface area contributed by atoms with Crippen LogP contribution in [0.4, 0.5) is 40.7 Å². The Morgan fingerprint density at radius 3 is 2.57 bits per heavy atom. The van der Waals surface area contributed by atoms with E-state index in [-0.39, 0.29) is 23.1 Å². The van der Waals surface area contributed by atoms with E-state index in [0.717, 1.165) is 31.2 Å². The molecule has 0 saturated heterocycles. The highest BCUT2D eigenvalue weighted by atomic mass is 19.4. The molecule has 35 heavy (non-hydrogen) atoms. The predicted molar refractivity (Wildman–Crippen MR) is 122 cm³/mol. The minimum atomic E-state index is -4.85. The monoisotopic (exact) mass is 494 g/mol. The summed E-state index contributed by atoms with van der Waals surface area (Å²) in [6, 6.07) is 9.99.